The number of halogens is 1. The number of benzene rings is 1. The van der Waals surface area contributed by atoms with Gasteiger partial charge in [-0.1, -0.05) is 29.7 Å². The SMILES string of the molecule is CC/C(=N/O)Nc1cccc(Cl)c1. The summed E-state index contributed by atoms with van der Waals surface area (Å²) < 4.78 is 0. The summed E-state index contributed by atoms with van der Waals surface area (Å²) in [5.74, 6) is 0.516. The standard InChI is InChI=1S/C9H11ClN2O/c1-2-9(12-13)11-8-5-3-4-7(10)6-8/h3-6,13H,2H2,1H3,(H,11,12). The van der Waals surface area contributed by atoms with Crippen molar-refractivity contribution in [2.45, 2.75) is 13.3 Å². The van der Waals surface area contributed by atoms with E-state index in [-0.39, 0.29) is 0 Å². The molecule has 0 bridgehead atoms. The van der Waals surface area contributed by atoms with Gasteiger partial charge in [0.1, 0.15) is 5.84 Å². The van der Waals surface area contributed by atoms with Crippen LogP contribution in [0.2, 0.25) is 5.02 Å². The number of rotatable bonds is 2. The second-order valence-electron chi connectivity index (χ2n) is 2.54. The summed E-state index contributed by atoms with van der Waals surface area (Å²) in [5, 5.41) is 15.2. The van der Waals surface area contributed by atoms with Crippen LogP contribution in [-0.2, 0) is 0 Å². The molecule has 2 N–H and O–H groups in total. The van der Waals surface area contributed by atoms with E-state index >= 15 is 0 Å². The van der Waals surface area contributed by atoms with Gasteiger partial charge in [0.15, 0.2) is 0 Å². The third-order valence-corrected chi connectivity index (χ3v) is 1.80. The topological polar surface area (TPSA) is 44.6 Å². The van der Waals surface area contributed by atoms with E-state index in [1.54, 1.807) is 12.1 Å². The van der Waals surface area contributed by atoms with Crippen LogP contribution in [0.5, 0.6) is 0 Å². The molecule has 0 heterocycles. The first-order valence-corrected chi connectivity index (χ1v) is 4.37. The number of anilines is 1. The first-order valence-electron chi connectivity index (χ1n) is 3.99. The van der Waals surface area contributed by atoms with Gasteiger partial charge in [0.2, 0.25) is 0 Å². The van der Waals surface area contributed by atoms with Crippen molar-refractivity contribution >= 4 is 23.1 Å². The van der Waals surface area contributed by atoms with Crippen LogP contribution in [0, 0.1) is 0 Å². The highest BCUT2D eigenvalue weighted by Crippen LogP contribution is 2.14. The molecule has 3 nitrogen and oxygen atoms in total. The Hall–Kier alpha value is -1.22. The average Bonchev–Trinajstić information content (AvgIpc) is 2.14. The molecule has 0 saturated heterocycles. The van der Waals surface area contributed by atoms with E-state index in [4.69, 9.17) is 16.8 Å². The fraction of sp³-hybridized carbons (Fsp3) is 0.222. The zero-order chi connectivity index (χ0) is 9.68. The van der Waals surface area contributed by atoms with Gasteiger partial charge in [-0.25, -0.2) is 0 Å². The molecule has 1 aromatic rings. The van der Waals surface area contributed by atoms with Crippen molar-refractivity contribution < 1.29 is 5.21 Å². The lowest BCUT2D eigenvalue weighted by Gasteiger charge is -2.05. The molecule has 0 aliphatic heterocycles. The molecular weight excluding hydrogens is 188 g/mol. The summed E-state index contributed by atoms with van der Waals surface area (Å²) in [6.07, 6.45) is 0.642. The van der Waals surface area contributed by atoms with E-state index in [1.807, 2.05) is 19.1 Å². The van der Waals surface area contributed by atoms with Gasteiger partial charge >= 0.3 is 0 Å². The minimum atomic E-state index is 0.516. The van der Waals surface area contributed by atoms with Gasteiger partial charge in [-0.2, -0.15) is 0 Å². The van der Waals surface area contributed by atoms with Crippen LogP contribution in [-0.4, -0.2) is 11.0 Å². The highest BCUT2D eigenvalue weighted by molar-refractivity contribution is 6.30. The fourth-order valence-electron chi connectivity index (χ4n) is 0.917. The van der Waals surface area contributed by atoms with Crippen molar-refractivity contribution in [3.05, 3.63) is 29.3 Å². The van der Waals surface area contributed by atoms with E-state index in [2.05, 4.69) is 10.5 Å². The lowest BCUT2D eigenvalue weighted by molar-refractivity contribution is 0.318. The predicted octanol–water partition coefficient (Wildman–Crippen LogP) is 2.95. The zero-order valence-electron chi connectivity index (χ0n) is 7.29. The van der Waals surface area contributed by atoms with Crippen LogP contribution in [0.1, 0.15) is 13.3 Å². The Bertz CT molecular complexity index is 312. The van der Waals surface area contributed by atoms with Crippen LogP contribution < -0.4 is 5.32 Å². The maximum Gasteiger partial charge on any atom is 0.145 e. The molecule has 0 spiro atoms. The van der Waals surface area contributed by atoms with Crippen molar-refractivity contribution in [3.63, 3.8) is 0 Å². The number of oxime groups is 1. The molecule has 0 amide bonds. The van der Waals surface area contributed by atoms with Gasteiger partial charge in [0.25, 0.3) is 0 Å². The lowest BCUT2D eigenvalue weighted by atomic mass is 10.3. The van der Waals surface area contributed by atoms with Gasteiger partial charge in [-0.15, -0.1) is 0 Å². The molecular formula is C9H11ClN2O. The van der Waals surface area contributed by atoms with Gasteiger partial charge in [0.05, 0.1) is 0 Å². The summed E-state index contributed by atoms with van der Waals surface area (Å²) in [5.41, 5.74) is 0.821. The molecule has 1 aromatic carbocycles. The van der Waals surface area contributed by atoms with Crippen LogP contribution >= 0.6 is 11.6 Å². The summed E-state index contributed by atoms with van der Waals surface area (Å²) in [7, 11) is 0. The largest absolute Gasteiger partial charge is 0.409 e. The van der Waals surface area contributed by atoms with E-state index in [0.29, 0.717) is 17.3 Å². The van der Waals surface area contributed by atoms with Crippen LogP contribution in [0.15, 0.2) is 29.4 Å². The monoisotopic (exact) mass is 198 g/mol. The minimum Gasteiger partial charge on any atom is -0.409 e. The van der Waals surface area contributed by atoms with Crippen molar-refractivity contribution in [3.8, 4) is 0 Å². The molecule has 0 radical (unpaired) electrons. The summed E-state index contributed by atoms with van der Waals surface area (Å²) in [4.78, 5) is 0. The molecule has 0 atom stereocenters. The zero-order valence-corrected chi connectivity index (χ0v) is 8.04. The molecule has 0 aromatic heterocycles. The van der Waals surface area contributed by atoms with Crippen molar-refractivity contribution in [2.75, 3.05) is 5.32 Å². The summed E-state index contributed by atoms with van der Waals surface area (Å²) >= 11 is 5.77. The van der Waals surface area contributed by atoms with E-state index in [1.165, 1.54) is 0 Å². The highest BCUT2D eigenvalue weighted by Gasteiger charge is 1.97. The molecule has 4 heteroatoms. The second-order valence-corrected chi connectivity index (χ2v) is 2.97. The maximum absolute atomic E-state index is 8.55. The Labute approximate surface area is 82.0 Å². The number of nitrogens with one attached hydrogen (secondary N) is 1. The van der Waals surface area contributed by atoms with E-state index < -0.39 is 0 Å². The molecule has 0 unspecified atom stereocenters. The molecule has 0 saturated carbocycles. The third kappa shape index (κ3) is 2.95. The van der Waals surface area contributed by atoms with Crippen LogP contribution in [0.4, 0.5) is 5.69 Å². The predicted molar refractivity (Wildman–Crippen MR) is 54.6 cm³/mol. The van der Waals surface area contributed by atoms with Crippen molar-refractivity contribution in [1.82, 2.24) is 0 Å². The molecule has 0 aliphatic carbocycles. The first-order chi connectivity index (χ1) is 6.26. The van der Waals surface area contributed by atoms with Crippen LogP contribution in [0.25, 0.3) is 0 Å². The Morgan fingerprint density at radius 2 is 2.38 bits per heavy atom. The smallest absolute Gasteiger partial charge is 0.145 e. The third-order valence-electron chi connectivity index (χ3n) is 1.57. The molecule has 1 rings (SSSR count). The second kappa shape index (κ2) is 4.72. The quantitative estimate of drug-likeness (QED) is 0.332. The Morgan fingerprint density at radius 3 is 2.92 bits per heavy atom. The Balaban J connectivity index is 2.74. The number of hydrogen-bond acceptors (Lipinski definition) is 2. The van der Waals surface area contributed by atoms with Crippen molar-refractivity contribution in [2.24, 2.45) is 5.16 Å². The first kappa shape index (κ1) is 9.86. The minimum absolute atomic E-state index is 0.516. The van der Waals surface area contributed by atoms with Gasteiger partial charge in [-0.3, -0.25) is 0 Å². The number of hydrogen-bond donors (Lipinski definition) is 2. The van der Waals surface area contributed by atoms with Gasteiger partial charge in [-0.05, 0) is 18.2 Å². The summed E-state index contributed by atoms with van der Waals surface area (Å²) in [6, 6.07) is 7.23. The average molecular weight is 199 g/mol. The van der Waals surface area contributed by atoms with Crippen LogP contribution in [0.3, 0.4) is 0 Å². The lowest BCUT2D eigenvalue weighted by Crippen LogP contribution is -2.10. The maximum atomic E-state index is 8.55. The van der Waals surface area contributed by atoms with E-state index in [9.17, 15) is 0 Å². The molecule has 0 fully saturated rings. The Kier molecular flexibility index (Phi) is 3.58. The molecule has 0 aliphatic rings. The molecule has 13 heavy (non-hydrogen) atoms. The highest BCUT2D eigenvalue weighted by atomic mass is 35.5. The fourth-order valence-corrected chi connectivity index (χ4v) is 1.11. The van der Waals surface area contributed by atoms with Gasteiger partial charge in [0, 0.05) is 17.1 Å². The normalized spacial score (nSPS) is 11.4. The van der Waals surface area contributed by atoms with Crippen molar-refractivity contribution in [1.29, 1.82) is 0 Å². The summed E-state index contributed by atoms with van der Waals surface area (Å²) in [6.45, 7) is 1.90. The number of nitrogens with zero attached hydrogens (tertiary/aromatic N) is 1. The Morgan fingerprint density at radius 1 is 1.62 bits per heavy atom. The van der Waals surface area contributed by atoms with E-state index in [0.717, 1.165) is 5.69 Å². The van der Waals surface area contributed by atoms with Gasteiger partial charge < -0.3 is 10.5 Å². The number of amidine groups is 1. The molecule has 70 valence electrons.